The van der Waals surface area contributed by atoms with Crippen LogP contribution in [-0.2, 0) is 0 Å². The van der Waals surface area contributed by atoms with Crippen molar-refractivity contribution >= 4 is 45.0 Å². The molecule has 21 heavy (non-hydrogen) atoms. The molecule has 0 aliphatic heterocycles. The maximum Gasteiger partial charge on any atom is 2.00 e. The monoisotopic (exact) mass is 426 g/mol. The van der Waals surface area contributed by atoms with Gasteiger partial charge < -0.3 is 12.4 Å². The first-order chi connectivity index (χ1) is 9.29. The maximum absolute atomic E-state index is 3.21. The van der Waals surface area contributed by atoms with Crippen LogP contribution in [0.4, 0.5) is 0 Å². The molecular weight excluding hydrogens is 395 g/mol. The second-order valence-electron chi connectivity index (χ2n) is 5.88. The van der Waals surface area contributed by atoms with Gasteiger partial charge in [0.05, 0.1) is 0 Å². The summed E-state index contributed by atoms with van der Waals surface area (Å²) in [5, 5.41) is 0. The SMILES string of the molecule is CCC[CH2][Sn]([CH2]CCC)([CH2]CCC)[c]1cc[c-]cc1.[Cl-].[Mg+2]. The average Bonchev–Trinajstić information content (AvgIpc) is 2.48. The molecule has 0 amide bonds. The second-order valence-corrected chi connectivity index (χ2v) is 19.1. The van der Waals surface area contributed by atoms with Crippen LogP contribution in [0.15, 0.2) is 24.3 Å². The summed E-state index contributed by atoms with van der Waals surface area (Å²) < 4.78 is 6.46. The van der Waals surface area contributed by atoms with Crippen LogP contribution < -0.4 is 16.0 Å². The van der Waals surface area contributed by atoms with Gasteiger partial charge in [0.2, 0.25) is 0 Å². The van der Waals surface area contributed by atoms with E-state index >= 15 is 0 Å². The third-order valence-corrected chi connectivity index (χ3v) is 20.0. The summed E-state index contributed by atoms with van der Waals surface area (Å²) in [6.45, 7) is 7.03. The molecule has 1 aromatic carbocycles. The van der Waals surface area contributed by atoms with Crippen LogP contribution in [-0.4, -0.2) is 41.4 Å². The van der Waals surface area contributed by atoms with Gasteiger partial charge in [0, 0.05) is 0 Å². The minimum absolute atomic E-state index is 0. The largest absolute Gasteiger partial charge is 2.00 e. The molecule has 1 rings (SSSR count). The van der Waals surface area contributed by atoms with Crippen molar-refractivity contribution in [3.8, 4) is 0 Å². The Morgan fingerprint density at radius 1 is 0.810 bits per heavy atom. The van der Waals surface area contributed by atoms with Crippen molar-refractivity contribution < 1.29 is 12.4 Å². The van der Waals surface area contributed by atoms with E-state index in [4.69, 9.17) is 0 Å². The summed E-state index contributed by atoms with van der Waals surface area (Å²) in [6.07, 6.45) is 8.41. The first-order valence-corrected chi connectivity index (χ1v) is 15.7. The van der Waals surface area contributed by atoms with Gasteiger partial charge in [-0.25, -0.2) is 0 Å². The Balaban J connectivity index is 0. The fourth-order valence-electron chi connectivity index (χ4n) is 3.09. The van der Waals surface area contributed by atoms with Crippen molar-refractivity contribution in [1.29, 1.82) is 0 Å². The molecule has 0 N–H and O–H groups in total. The number of hydrogen-bond acceptors (Lipinski definition) is 0. The molecule has 0 saturated heterocycles. The Hall–Kier alpha value is 1.07. The van der Waals surface area contributed by atoms with Crippen LogP contribution in [0.2, 0.25) is 13.3 Å². The summed E-state index contributed by atoms with van der Waals surface area (Å²) >= 11 is -2.12. The number of hydrogen-bond donors (Lipinski definition) is 0. The van der Waals surface area contributed by atoms with E-state index < -0.39 is 18.4 Å². The van der Waals surface area contributed by atoms with Gasteiger partial charge in [0.1, 0.15) is 0 Å². The van der Waals surface area contributed by atoms with E-state index in [0.717, 1.165) is 0 Å². The van der Waals surface area contributed by atoms with Crippen molar-refractivity contribution in [3.63, 3.8) is 0 Å². The van der Waals surface area contributed by atoms with Gasteiger partial charge >= 0.3 is 148 Å². The molecule has 0 saturated carbocycles. The molecule has 116 valence electrons. The van der Waals surface area contributed by atoms with E-state index in [-0.39, 0.29) is 35.5 Å². The number of halogens is 1. The molecule has 0 radical (unpaired) electrons. The van der Waals surface area contributed by atoms with Crippen molar-refractivity contribution in [2.75, 3.05) is 0 Å². The van der Waals surface area contributed by atoms with E-state index in [0.29, 0.717) is 0 Å². The zero-order chi connectivity index (χ0) is 14.0. The molecule has 0 bridgehead atoms. The second kappa shape index (κ2) is 14.7. The van der Waals surface area contributed by atoms with E-state index in [9.17, 15) is 0 Å². The average molecular weight is 426 g/mol. The summed E-state index contributed by atoms with van der Waals surface area (Å²) in [5.41, 5.74) is 0. The number of unbranched alkanes of at least 4 members (excludes halogenated alkanes) is 3. The van der Waals surface area contributed by atoms with Gasteiger partial charge in [-0.2, -0.15) is 0 Å². The maximum atomic E-state index is 3.21. The normalized spacial score (nSPS) is 10.6. The molecule has 0 heterocycles. The summed E-state index contributed by atoms with van der Waals surface area (Å²) in [5.74, 6) is 0. The van der Waals surface area contributed by atoms with Gasteiger partial charge in [-0.3, -0.25) is 0 Å². The Bertz CT molecular complexity index is 307. The molecular formula is C18H31ClMgSn. The van der Waals surface area contributed by atoms with Gasteiger partial charge in [-0.05, 0) is 0 Å². The van der Waals surface area contributed by atoms with Gasteiger partial charge in [0.25, 0.3) is 0 Å². The topological polar surface area (TPSA) is 0 Å². The smallest absolute Gasteiger partial charge is 1.00 e. The van der Waals surface area contributed by atoms with Crippen LogP contribution in [0.5, 0.6) is 0 Å². The summed E-state index contributed by atoms with van der Waals surface area (Å²) in [7, 11) is 0. The van der Waals surface area contributed by atoms with Crippen LogP contribution in [0.1, 0.15) is 59.3 Å². The van der Waals surface area contributed by atoms with Crippen molar-refractivity contribution in [2.24, 2.45) is 0 Å². The third kappa shape index (κ3) is 8.48. The zero-order valence-electron chi connectivity index (χ0n) is 14.3. The molecule has 1 aromatic rings. The van der Waals surface area contributed by atoms with Crippen LogP contribution in [0.3, 0.4) is 0 Å². The van der Waals surface area contributed by atoms with E-state index in [1.807, 2.05) is 0 Å². The standard InChI is InChI=1S/C6H4.3C4H9.ClH.Mg.Sn/c1-2-4-6-5-3-1;3*1-3-4-2;;;/h1-2,5-6H;3*1,3-4H2,2H3;1H;;/q-1;;;;;+2;/p-1. The van der Waals surface area contributed by atoms with E-state index in [1.54, 1.807) is 16.9 Å². The van der Waals surface area contributed by atoms with Crippen molar-refractivity contribution in [2.45, 2.75) is 72.6 Å². The zero-order valence-corrected chi connectivity index (χ0v) is 19.3. The molecule has 0 aliphatic carbocycles. The molecule has 0 spiro atoms. The predicted octanol–water partition coefficient (Wildman–Crippen LogP) is 2.17. The third-order valence-electron chi connectivity index (χ3n) is 4.36. The molecule has 3 heteroatoms. The van der Waals surface area contributed by atoms with Crippen molar-refractivity contribution in [1.82, 2.24) is 0 Å². The summed E-state index contributed by atoms with van der Waals surface area (Å²) in [4.78, 5) is 0. The van der Waals surface area contributed by atoms with Crippen LogP contribution >= 0.6 is 0 Å². The molecule has 0 fully saturated rings. The number of rotatable bonds is 10. The van der Waals surface area contributed by atoms with Gasteiger partial charge in [-0.1, -0.05) is 0 Å². The van der Waals surface area contributed by atoms with E-state index in [2.05, 4.69) is 51.1 Å². The number of benzene rings is 1. The fraction of sp³-hybridized carbons (Fsp3) is 0.667. The Morgan fingerprint density at radius 2 is 1.19 bits per heavy atom. The first kappa shape index (κ1) is 24.3. The first-order valence-electron chi connectivity index (χ1n) is 8.25. The Labute approximate surface area is 159 Å². The minimum Gasteiger partial charge on any atom is -1.00 e. The predicted molar refractivity (Wildman–Crippen MR) is 95.6 cm³/mol. The van der Waals surface area contributed by atoms with Gasteiger partial charge in [-0.15, -0.1) is 0 Å². The van der Waals surface area contributed by atoms with E-state index in [1.165, 1.54) is 38.5 Å². The fourth-order valence-corrected chi connectivity index (χ4v) is 19.0. The van der Waals surface area contributed by atoms with Crippen molar-refractivity contribution in [3.05, 3.63) is 30.3 Å². The van der Waals surface area contributed by atoms with Crippen LogP contribution in [0.25, 0.3) is 0 Å². The quantitative estimate of drug-likeness (QED) is 0.398. The Kier molecular flexibility index (Phi) is 17.0. The molecule has 0 aliphatic rings. The van der Waals surface area contributed by atoms with Gasteiger partial charge in [0.15, 0.2) is 0 Å². The van der Waals surface area contributed by atoms with Crippen LogP contribution in [0, 0.1) is 6.07 Å². The Morgan fingerprint density at radius 3 is 1.52 bits per heavy atom. The minimum atomic E-state index is -2.12. The molecule has 0 unspecified atom stereocenters. The molecule has 0 nitrogen and oxygen atoms in total. The molecule has 0 atom stereocenters. The molecule has 0 aromatic heterocycles. The summed E-state index contributed by atoms with van der Waals surface area (Å²) in [6, 6.07) is 12.3.